The van der Waals surface area contributed by atoms with Gasteiger partial charge in [0.1, 0.15) is 0 Å². The van der Waals surface area contributed by atoms with Crippen LogP contribution in [0.25, 0.3) is 4.91 Å². The van der Waals surface area contributed by atoms with E-state index in [0.717, 1.165) is 5.56 Å². The number of allylic oxidation sites excluding steroid dienone is 1. The van der Waals surface area contributed by atoms with E-state index in [1.165, 1.54) is 26.0 Å². The van der Waals surface area contributed by atoms with Crippen LogP contribution in [0.15, 0.2) is 65.1 Å². The van der Waals surface area contributed by atoms with Crippen molar-refractivity contribution in [2.45, 2.75) is 31.6 Å². The maximum absolute atomic E-state index is 14.3. The van der Waals surface area contributed by atoms with E-state index in [1.54, 1.807) is 42.5 Å². The van der Waals surface area contributed by atoms with E-state index in [0.29, 0.717) is 5.56 Å². The van der Waals surface area contributed by atoms with Gasteiger partial charge in [0.25, 0.3) is 5.92 Å². The Morgan fingerprint density at radius 3 is 1.88 bits per heavy atom. The number of halogens is 2. The molecule has 0 aromatic heterocycles. The first-order valence-electron chi connectivity index (χ1n) is 7.60. The van der Waals surface area contributed by atoms with Crippen LogP contribution in [-0.4, -0.2) is 14.3 Å². The molecule has 0 N–H and O–H groups in total. The minimum atomic E-state index is -4.05. The molecule has 1 aliphatic carbocycles. The van der Waals surface area contributed by atoms with Crippen molar-refractivity contribution in [3.8, 4) is 0 Å². The van der Waals surface area contributed by atoms with Gasteiger partial charge in [-0.2, -0.15) is 0 Å². The van der Waals surface area contributed by atoms with Crippen molar-refractivity contribution in [3.63, 3.8) is 0 Å². The van der Waals surface area contributed by atoms with Crippen LogP contribution in [0.5, 0.6) is 0 Å². The molecule has 0 saturated heterocycles. The third-order valence-electron chi connectivity index (χ3n) is 4.52. The van der Waals surface area contributed by atoms with Gasteiger partial charge in [-0.3, -0.25) is 0 Å². The molecule has 0 unspecified atom stereocenters. The number of alkyl halides is 2. The van der Waals surface area contributed by atoms with Crippen LogP contribution in [-0.2, 0) is 9.84 Å². The Labute approximate surface area is 140 Å². The first-order chi connectivity index (χ1) is 11.1. The van der Waals surface area contributed by atoms with E-state index in [4.69, 9.17) is 0 Å². The Bertz CT molecular complexity index is 894. The van der Waals surface area contributed by atoms with E-state index < -0.39 is 21.2 Å². The molecule has 0 spiro atoms. The van der Waals surface area contributed by atoms with Crippen molar-refractivity contribution >= 4 is 14.7 Å². The van der Waals surface area contributed by atoms with E-state index in [1.807, 2.05) is 6.92 Å². The number of hydrogen-bond donors (Lipinski definition) is 0. The smallest absolute Gasteiger partial charge is 0.218 e. The van der Waals surface area contributed by atoms with Crippen molar-refractivity contribution < 1.29 is 17.2 Å². The summed E-state index contributed by atoms with van der Waals surface area (Å²) in [7, 11) is -4.05. The van der Waals surface area contributed by atoms with E-state index in [9.17, 15) is 17.2 Å². The average Bonchev–Trinajstić information content (AvgIpc) is 2.91. The fourth-order valence-corrected chi connectivity index (χ4v) is 4.68. The normalized spacial score (nSPS) is 20.5. The SMILES string of the molecule is Cc1ccc(S(=O)(=O)/C(=C2\C(C)(C)C2(F)F)c2ccccc2)cc1. The molecule has 2 aromatic carbocycles. The largest absolute Gasteiger partial charge is 0.280 e. The van der Waals surface area contributed by atoms with E-state index in [-0.39, 0.29) is 15.4 Å². The third kappa shape index (κ3) is 2.38. The maximum Gasteiger partial charge on any atom is 0.280 e. The molecule has 0 atom stereocenters. The van der Waals surface area contributed by atoms with Gasteiger partial charge < -0.3 is 0 Å². The highest BCUT2D eigenvalue weighted by molar-refractivity contribution is 8.00. The summed E-state index contributed by atoms with van der Waals surface area (Å²) in [4.78, 5) is -0.250. The monoisotopic (exact) mass is 348 g/mol. The van der Waals surface area contributed by atoms with Gasteiger partial charge in [0.2, 0.25) is 9.84 Å². The lowest BCUT2D eigenvalue weighted by Gasteiger charge is -2.10. The third-order valence-corrected chi connectivity index (χ3v) is 6.39. The molecule has 3 rings (SSSR count). The lowest BCUT2D eigenvalue weighted by atomic mass is 10.1. The van der Waals surface area contributed by atoms with Crippen molar-refractivity contribution in [1.82, 2.24) is 0 Å². The van der Waals surface area contributed by atoms with Gasteiger partial charge in [0.05, 0.1) is 15.2 Å². The molecule has 0 bridgehead atoms. The van der Waals surface area contributed by atoms with Crippen LogP contribution in [0.1, 0.15) is 25.0 Å². The molecular weight excluding hydrogens is 330 g/mol. The van der Waals surface area contributed by atoms with Crippen LogP contribution in [0.3, 0.4) is 0 Å². The van der Waals surface area contributed by atoms with E-state index in [2.05, 4.69) is 0 Å². The predicted octanol–water partition coefficient (Wildman–Crippen LogP) is 4.86. The second-order valence-corrected chi connectivity index (χ2v) is 8.47. The number of benzene rings is 2. The standard InChI is InChI=1S/C19H18F2O2S/c1-13-9-11-15(12-10-13)24(22,23)16(14-7-5-4-6-8-14)17-18(2,3)19(17,20)21/h4-12H,1-3H3/b17-16+. The molecule has 1 aliphatic rings. The fraction of sp³-hybridized carbons (Fsp3) is 0.263. The number of hydrogen-bond acceptors (Lipinski definition) is 2. The van der Waals surface area contributed by atoms with Crippen LogP contribution in [0.2, 0.25) is 0 Å². The Morgan fingerprint density at radius 2 is 1.42 bits per heavy atom. The van der Waals surface area contributed by atoms with Crippen molar-refractivity contribution in [2.75, 3.05) is 0 Å². The van der Waals surface area contributed by atoms with Crippen LogP contribution in [0, 0.1) is 12.3 Å². The molecule has 126 valence electrons. The zero-order valence-electron chi connectivity index (χ0n) is 13.7. The van der Waals surface area contributed by atoms with Crippen molar-refractivity contribution in [1.29, 1.82) is 0 Å². The first kappa shape index (κ1) is 16.8. The number of rotatable bonds is 3. The van der Waals surface area contributed by atoms with Crippen LogP contribution >= 0.6 is 0 Å². The molecule has 24 heavy (non-hydrogen) atoms. The number of aryl methyl sites for hydroxylation is 1. The molecule has 2 aromatic rings. The van der Waals surface area contributed by atoms with Gasteiger partial charge >= 0.3 is 0 Å². The van der Waals surface area contributed by atoms with E-state index >= 15 is 0 Å². The van der Waals surface area contributed by atoms with Crippen molar-refractivity contribution in [2.24, 2.45) is 5.41 Å². The Balaban J connectivity index is 2.29. The van der Waals surface area contributed by atoms with Crippen molar-refractivity contribution in [3.05, 3.63) is 71.3 Å². The highest BCUT2D eigenvalue weighted by Crippen LogP contribution is 2.68. The minimum absolute atomic E-state index is 0.0259. The summed E-state index contributed by atoms with van der Waals surface area (Å²) in [5.74, 6) is -3.13. The van der Waals surface area contributed by atoms with Gasteiger partial charge in [-0.1, -0.05) is 48.0 Å². The fourth-order valence-electron chi connectivity index (χ4n) is 2.85. The minimum Gasteiger partial charge on any atom is -0.218 e. The molecule has 1 fully saturated rings. The summed E-state index contributed by atoms with van der Waals surface area (Å²) >= 11 is 0. The van der Waals surface area contributed by atoms with Crippen LogP contribution < -0.4 is 0 Å². The van der Waals surface area contributed by atoms with Gasteiger partial charge in [-0.15, -0.1) is 0 Å². The average molecular weight is 348 g/mol. The lowest BCUT2D eigenvalue weighted by Crippen LogP contribution is -2.06. The summed E-state index contributed by atoms with van der Waals surface area (Å²) in [6.45, 7) is 4.58. The molecule has 2 nitrogen and oxygen atoms in total. The van der Waals surface area contributed by atoms with Gasteiger partial charge in [-0.05, 0) is 38.5 Å². The summed E-state index contributed by atoms with van der Waals surface area (Å²) < 4.78 is 54.8. The highest BCUT2D eigenvalue weighted by Gasteiger charge is 2.72. The molecule has 5 heteroatoms. The second kappa shape index (κ2) is 5.24. The highest BCUT2D eigenvalue weighted by atomic mass is 32.2. The number of sulfone groups is 1. The molecular formula is C19H18F2O2S. The predicted molar refractivity (Wildman–Crippen MR) is 90.5 cm³/mol. The first-order valence-corrected chi connectivity index (χ1v) is 9.08. The quantitative estimate of drug-likeness (QED) is 0.794. The van der Waals surface area contributed by atoms with Gasteiger partial charge in [0.15, 0.2) is 0 Å². The molecule has 0 aliphatic heterocycles. The van der Waals surface area contributed by atoms with Crippen LogP contribution in [0.4, 0.5) is 8.78 Å². The molecule has 0 heterocycles. The summed E-state index contributed by atoms with van der Waals surface area (Å²) in [6, 6.07) is 14.4. The summed E-state index contributed by atoms with van der Waals surface area (Å²) in [5, 5.41) is 0. The van der Waals surface area contributed by atoms with Gasteiger partial charge in [-0.25, -0.2) is 17.2 Å². The maximum atomic E-state index is 14.3. The Morgan fingerprint density at radius 1 is 0.917 bits per heavy atom. The Kier molecular flexibility index (Phi) is 3.68. The summed E-state index contributed by atoms with van der Waals surface area (Å²) in [5.41, 5.74) is -0.587. The molecule has 1 saturated carbocycles. The van der Waals surface area contributed by atoms with Gasteiger partial charge in [0, 0.05) is 5.57 Å². The summed E-state index contributed by atoms with van der Waals surface area (Å²) in [6.07, 6.45) is 0. The molecule has 0 radical (unpaired) electrons. The zero-order valence-corrected chi connectivity index (χ0v) is 14.5. The lowest BCUT2D eigenvalue weighted by molar-refractivity contribution is 0.0828. The molecule has 0 amide bonds. The second-order valence-electron chi connectivity index (χ2n) is 6.59. The zero-order chi connectivity index (χ0) is 17.8. The Hall–Kier alpha value is -2.01. The topological polar surface area (TPSA) is 34.1 Å².